The van der Waals surface area contributed by atoms with Gasteiger partial charge in [-0.3, -0.25) is 0 Å². The molecular formula is C16H21ClN2O2. The van der Waals surface area contributed by atoms with Gasteiger partial charge in [0.05, 0.1) is 24.6 Å². The van der Waals surface area contributed by atoms with E-state index in [2.05, 4.69) is 22.5 Å². The minimum Gasteiger partial charge on any atom is -0.494 e. The lowest BCUT2D eigenvalue weighted by Gasteiger charge is -2.19. The number of alkyl halides is 1. The maximum Gasteiger partial charge on any atom is 0.146 e. The summed E-state index contributed by atoms with van der Waals surface area (Å²) >= 11 is 6.10. The third-order valence-corrected chi connectivity index (χ3v) is 4.57. The highest BCUT2D eigenvalue weighted by molar-refractivity contribution is 6.16. The molecule has 5 heteroatoms. The Morgan fingerprint density at radius 3 is 3.05 bits per heavy atom. The molecular weight excluding hydrogens is 288 g/mol. The van der Waals surface area contributed by atoms with E-state index in [0.29, 0.717) is 17.9 Å². The van der Waals surface area contributed by atoms with E-state index in [1.54, 1.807) is 7.11 Å². The molecule has 2 unspecified atom stereocenters. The molecule has 0 N–H and O–H groups in total. The van der Waals surface area contributed by atoms with Crippen molar-refractivity contribution in [2.75, 3.05) is 13.7 Å². The van der Waals surface area contributed by atoms with Gasteiger partial charge in [-0.15, -0.1) is 11.6 Å². The molecule has 0 saturated carbocycles. The minimum atomic E-state index is 0.344. The Labute approximate surface area is 130 Å². The van der Waals surface area contributed by atoms with Crippen molar-refractivity contribution in [1.82, 2.24) is 9.55 Å². The number of nitrogens with zero attached hydrogens (tertiary/aromatic N) is 2. The normalized spacial score (nSPS) is 22.0. The Kier molecular flexibility index (Phi) is 4.36. The molecule has 2 atom stereocenters. The average Bonchev–Trinajstić information content (AvgIpc) is 3.11. The molecule has 114 valence electrons. The first-order chi connectivity index (χ1) is 10.3. The van der Waals surface area contributed by atoms with E-state index >= 15 is 0 Å². The molecule has 1 aliphatic rings. The van der Waals surface area contributed by atoms with Gasteiger partial charge in [-0.1, -0.05) is 13.0 Å². The van der Waals surface area contributed by atoms with Crippen LogP contribution in [0.5, 0.6) is 5.75 Å². The summed E-state index contributed by atoms with van der Waals surface area (Å²) in [5.74, 6) is 2.63. The second-order valence-electron chi connectivity index (χ2n) is 5.47. The van der Waals surface area contributed by atoms with E-state index in [4.69, 9.17) is 21.1 Å². The Hall–Kier alpha value is -1.26. The topological polar surface area (TPSA) is 36.3 Å². The maximum absolute atomic E-state index is 6.10. The molecule has 1 aromatic carbocycles. The van der Waals surface area contributed by atoms with Gasteiger partial charge in [0.25, 0.3) is 0 Å². The zero-order valence-electron chi connectivity index (χ0n) is 12.5. The van der Waals surface area contributed by atoms with Crippen molar-refractivity contribution >= 4 is 22.6 Å². The van der Waals surface area contributed by atoms with Crippen LogP contribution in [0.3, 0.4) is 0 Å². The molecule has 0 aliphatic carbocycles. The fraction of sp³-hybridized carbons (Fsp3) is 0.562. The van der Waals surface area contributed by atoms with Crippen LogP contribution in [0.25, 0.3) is 11.0 Å². The zero-order chi connectivity index (χ0) is 14.8. The molecule has 1 saturated heterocycles. The molecule has 0 amide bonds. The summed E-state index contributed by atoms with van der Waals surface area (Å²) in [4.78, 5) is 4.66. The molecule has 4 nitrogen and oxygen atoms in total. The van der Waals surface area contributed by atoms with Gasteiger partial charge in [0, 0.05) is 19.1 Å². The largest absolute Gasteiger partial charge is 0.494 e. The van der Waals surface area contributed by atoms with Crippen molar-refractivity contribution in [3.63, 3.8) is 0 Å². The number of hydrogen-bond acceptors (Lipinski definition) is 3. The Bertz CT molecular complexity index is 626. The van der Waals surface area contributed by atoms with E-state index in [-0.39, 0.29) is 0 Å². The van der Waals surface area contributed by atoms with E-state index in [9.17, 15) is 0 Å². The van der Waals surface area contributed by atoms with Crippen LogP contribution in [0, 0.1) is 5.92 Å². The standard InChI is InChI=1S/C16H21ClN2O2/c1-3-13-11(7-8-21-13)10-19-12-5-4-6-14(20-2)16(12)18-15(19)9-17/h4-6,11,13H,3,7-10H2,1-2H3. The van der Waals surface area contributed by atoms with Crippen molar-refractivity contribution in [2.24, 2.45) is 5.92 Å². The molecule has 2 aromatic rings. The molecule has 1 aliphatic heterocycles. The van der Waals surface area contributed by atoms with Gasteiger partial charge in [0.15, 0.2) is 0 Å². The first kappa shape index (κ1) is 14.7. The van der Waals surface area contributed by atoms with Gasteiger partial charge < -0.3 is 14.0 Å². The smallest absolute Gasteiger partial charge is 0.146 e. The lowest BCUT2D eigenvalue weighted by molar-refractivity contribution is 0.0836. The fourth-order valence-electron chi connectivity index (χ4n) is 3.23. The van der Waals surface area contributed by atoms with Crippen LogP contribution >= 0.6 is 11.6 Å². The molecule has 1 aromatic heterocycles. The summed E-state index contributed by atoms with van der Waals surface area (Å²) in [6.07, 6.45) is 2.50. The number of halogens is 1. The number of rotatable bonds is 5. The summed E-state index contributed by atoms with van der Waals surface area (Å²) in [5.41, 5.74) is 1.98. The van der Waals surface area contributed by atoms with Gasteiger partial charge in [-0.05, 0) is 25.0 Å². The highest BCUT2D eigenvalue weighted by Gasteiger charge is 2.28. The van der Waals surface area contributed by atoms with Crippen LogP contribution in [0.1, 0.15) is 25.6 Å². The SMILES string of the molecule is CCC1OCCC1Cn1c(CCl)nc2c(OC)cccc21. The third-order valence-electron chi connectivity index (χ3n) is 4.33. The number of hydrogen-bond donors (Lipinski definition) is 0. The van der Waals surface area contributed by atoms with Gasteiger partial charge in [-0.2, -0.15) is 0 Å². The number of aromatic nitrogens is 2. The predicted molar refractivity (Wildman–Crippen MR) is 84.0 cm³/mol. The van der Waals surface area contributed by atoms with Gasteiger partial charge in [0.2, 0.25) is 0 Å². The van der Waals surface area contributed by atoms with Gasteiger partial charge >= 0.3 is 0 Å². The highest BCUT2D eigenvalue weighted by atomic mass is 35.5. The first-order valence-electron chi connectivity index (χ1n) is 7.48. The average molecular weight is 309 g/mol. The van der Waals surface area contributed by atoms with Crippen LogP contribution < -0.4 is 4.74 Å². The van der Waals surface area contributed by atoms with Crippen molar-refractivity contribution < 1.29 is 9.47 Å². The summed E-state index contributed by atoms with van der Waals surface area (Å²) in [7, 11) is 1.67. The Morgan fingerprint density at radius 1 is 1.48 bits per heavy atom. The van der Waals surface area contributed by atoms with Crippen molar-refractivity contribution in [3.8, 4) is 5.75 Å². The molecule has 0 spiro atoms. The first-order valence-corrected chi connectivity index (χ1v) is 8.01. The summed E-state index contributed by atoms with van der Waals surface area (Å²) in [6, 6.07) is 6.02. The molecule has 1 fully saturated rings. The van der Waals surface area contributed by atoms with E-state index in [0.717, 1.165) is 48.6 Å². The van der Waals surface area contributed by atoms with E-state index in [1.807, 2.05) is 12.1 Å². The third kappa shape index (κ3) is 2.62. The van der Waals surface area contributed by atoms with Crippen LogP contribution in [-0.2, 0) is 17.2 Å². The zero-order valence-corrected chi connectivity index (χ0v) is 13.3. The van der Waals surface area contributed by atoms with E-state index in [1.165, 1.54) is 0 Å². The Balaban J connectivity index is 2.00. The summed E-state index contributed by atoms with van der Waals surface area (Å²) < 4.78 is 13.4. The second-order valence-corrected chi connectivity index (χ2v) is 5.73. The monoisotopic (exact) mass is 308 g/mol. The van der Waals surface area contributed by atoms with Gasteiger partial charge in [0.1, 0.15) is 17.1 Å². The van der Waals surface area contributed by atoms with E-state index < -0.39 is 0 Å². The highest BCUT2D eigenvalue weighted by Crippen LogP contribution is 2.30. The van der Waals surface area contributed by atoms with Gasteiger partial charge in [-0.25, -0.2) is 4.98 Å². The predicted octanol–water partition coefficient (Wildman–Crippen LogP) is 3.60. The molecule has 2 heterocycles. The summed E-state index contributed by atoms with van der Waals surface area (Å²) in [5, 5.41) is 0. The quantitative estimate of drug-likeness (QED) is 0.792. The molecule has 0 bridgehead atoms. The fourth-order valence-corrected chi connectivity index (χ4v) is 3.43. The minimum absolute atomic E-state index is 0.344. The van der Waals surface area contributed by atoms with Crippen LogP contribution in [0.15, 0.2) is 18.2 Å². The lowest BCUT2D eigenvalue weighted by atomic mass is 9.99. The number of fused-ring (bicyclic) bond motifs is 1. The number of ether oxygens (including phenoxy) is 2. The molecule has 21 heavy (non-hydrogen) atoms. The van der Waals surface area contributed by atoms with Crippen LogP contribution in [0.2, 0.25) is 0 Å². The number of benzene rings is 1. The molecule has 0 radical (unpaired) electrons. The van der Waals surface area contributed by atoms with Crippen LogP contribution in [-0.4, -0.2) is 29.4 Å². The lowest BCUT2D eigenvalue weighted by Crippen LogP contribution is -2.21. The molecule has 3 rings (SSSR count). The van der Waals surface area contributed by atoms with Crippen molar-refractivity contribution in [1.29, 1.82) is 0 Å². The second kappa shape index (κ2) is 6.24. The number of para-hydroxylation sites is 1. The number of imidazole rings is 1. The number of methoxy groups -OCH3 is 1. The summed E-state index contributed by atoms with van der Waals surface area (Å²) in [6.45, 7) is 3.94. The Morgan fingerprint density at radius 2 is 2.33 bits per heavy atom. The van der Waals surface area contributed by atoms with Crippen LogP contribution in [0.4, 0.5) is 0 Å². The van der Waals surface area contributed by atoms with Crippen molar-refractivity contribution in [2.45, 2.75) is 38.3 Å². The maximum atomic E-state index is 6.10. The van der Waals surface area contributed by atoms with Crippen molar-refractivity contribution in [3.05, 3.63) is 24.0 Å².